The van der Waals surface area contributed by atoms with Crippen LogP contribution in [0.5, 0.6) is 0 Å². The van der Waals surface area contributed by atoms with Gasteiger partial charge in [0.25, 0.3) is 0 Å². The Morgan fingerprint density at radius 1 is 0.815 bits per heavy atom. The monoisotopic (exact) mass is 400 g/mol. The van der Waals surface area contributed by atoms with Crippen molar-refractivity contribution in [2.24, 2.45) is 0 Å². The summed E-state index contributed by atoms with van der Waals surface area (Å²) in [5, 5.41) is 2.71. The topological polar surface area (TPSA) is 40.6 Å². The zero-order valence-corrected chi connectivity index (χ0v) is 16.5. The van der Waals surface area contributed by atoms with Crippen LogP contribution in [0, 0.1) is 0 Å². The third-order valence-corrected chi connectivity index (χ3v) is 7.11. The van der Waals surface area contributed by atoms with Gasteiger partial charge in [-0.2, -0.15) is 4.31 Å². The first-order valence-electron chi connectivity index (χ1n) is 8.98. The molecule has 3 aromatic carbocycles. The van der Waals surface area contributed by atoms with Crippen LogP contribution in [0.2, 0.25) is 5.02 Å². The standard InChI is InChI=1S/C21H21ClN2O2S/c22-20-7-3-4-17(14-20)16-23-10-12-24(13-11-23)27(25,26)21-9-8-18-5-1-2-6-19(18)15-21/h1-9,14-15H,10-13,16H2. The number of rotatable bonds is 4. The lowest BCUT2D eigenvalue weighted by Gasteiger charge is -2.34. The molecule has 1 fully saturated rings. The molecule has 140 valence electrons. The van der Waals surface area contributed by atoms with E-state index in [0.717, 1.165) is 27.9 Å². The zero-order valence-electron chi connectivity index (χ0n) is 14.9. The first-order valence-corrected chi connectivity index (χ1v) is 10.8. The predicted octanol–water partition coefficient (Wildman–Crippen LogP) is 4.00. The molecule has 27 heavy (non-hydrogen) atoms. The van der Waals surface area contributed by atoms with Crippen molar-refractivity contribution in [3.05, 3.63) is 77.3 Å². The van der Waals surface area contributed by atoms with E-state index >= 15 is 0 Å². The van der Waals surface area contributed by atoms with Crippen LogP contribution in [0.4, 0.5) is 0 Å². The highest BCUT2D eigenvalue weighted by Crippen LogP contribution is 2.23. The third-order valence-electron chi connectivity index (χ3n) is 4.99. The van der Waals surface area contributed by atoms with E-state index in [1.807, 2.05) is 54.6 Å². The number of benzene rings is 3. The average molecular weight is 401 g/mol. The van der Waals surface area contributed by atoms with Crippen molar-refractivity contribution in [2.45, 2.75) is 11.4 Å². The lowest BCUT2D eigenvalue weighted by molar-refractivity contribution is 0.181. The van der Waals surface area contributed by atoms with Crippen LogP contribution in [-0.4, -0.2) is 43.8 Å². The van der Waals surface area contributed by atoms with Crippen molar-refractivity contribution in [1.29, 1.82) is 0 Å². The van der Waals surface area contributed by atoms with E-state index < -0.39 is 10.0 Å². The van der Waals surface area contributed by atoms with Crippen LogP contribution < -0.4 is 0 Å². The summed E-state index contributed by atoms with van der Waals surface area (Å²) in [5.41, 5.74) is 1.15. The summed E-state index contributed by atoms with van der Waals surface area (Å²) in [6.45, 7) is 3.19. The number of hydrogen-bond donors (Lipinski definition) is 0. The Morgan fingerprint density at radius 3 is 2.30 bits per heavy atom. The minimum Gasteiger partial charge on any atom is -0.296 e. The summed E-state index contributed by atoms with van der Waals surface area (Å²) in [7, 11) is -3.47. The van der Waals surface area contributed by atoms with Crippen LogP contribution >= 0.6 is 11.6 Å². The van der Waals surface area contributed by atoms with Gasteiger partial charge in [0.1, 0.15) is 0 Å². The number of nitrogens with zero attached hydrogens (tertiary/aromatic N) is 2. The predicted molar refractivity (Wildman–Crippen MR) is 109 cm³/mol. The largest absolute Gasteiger partial charge is 0.296 e. The number of fused-ring (bicyclic) bond motifs is 1. The molecule has 4 rings (SSSR count). The van der Waals surface area contributed by atoms with Crippen molar-refractivity contribution in [2.75, 3.05) is 26.2 Å². The van der Waals surface area contributed by atoms with Crippen molar-refractivity contribution >= 4 is 32.4 Å². The molecule has 0 N–H and O–H groups in total. The van der Waals surface area contributed by atoms with Crippen molar-refractivity contribution < 1.29 is 8.42 Å². The van der Waals surface area contributed by atoms with Gasteiger partial charge >= 0.3 is 0 Å². The molecule has 0 amide bonds. The van der Waals surface area contributed by atoms with E-state index in [4.69, 9.17) is 11.6 Å². The average Bonchev–Trinajstić information content (AvgIpc) is 2.68. The van der Waals surface area contributed by atoms with Gasteiger partial charge in [0.2, 0.25) is 10.0 Å². The molecule has 1 aliphatic rings. The van der Waals surface area contributed by atoms with Crippen LogP contribution in [0.3, 0.4) is 0 Å². The van der Waals surface area contributed by atoms with Crippen LogP contribution in [-0.2, 0) is 16.6 Å². The van der Waals surface area contributed by atoms with Gasteiger partial charge in [0.15, 0.2) is 0 Å². The molecule has 0 spiro atoms. The van der Waals surface area contributed by atoms with Crippen molar-refractivity contribution in [3.63, 3.8) is 0 Å². The molecule has 1 heterocycles. The van der Waals surface area contributed by atoms with Crippen molar-refractivity contribution in [3.8, 4) is 0 Å². The number of sulfonamides is 1. The summed E-state index contributed by atoms with van der Waals surface area (Å²) in [6.07, 6.45) is 0. The second kappa shape index (κ2) is 7.60. The summed E-state index contributed by atoms with van der Waals surface area (Å²) in [5.74, 6) is 0. The first kappa shape index (κ1) is 18.4. The van der Waals surface area contributed by atoms with Gasteiger partial charge in [-0.25, -0.2) is 8.42 Å². The minimum atomic E-state index is -3.47. The second-order valence-electron chi connectivity index (χ2n) is 6.82. The Balaban J connectivity index is 1.46. The zero-order chi connectivity index (χ0) is 18.9. The maximum Gasteiger partial charge on any atom is 0.243 e. The Morgan fingerprint density at radius 2 is 1.56 bits per heavy atom. The van der Waals surface area contributed by atoms with Crippen molar-refractivity contribution in [1.82, 2.24) is 9.21 Å². The molecule has 1 aliphatic heterocycles. The van der Waals surface area contributed by atoms with Gasteiger partial charge in [-0.3, -0.25) is 4.90 Å². The maximum atomic E-state index is 13.0. The molecule has 4 nitrogen and oxygen atoms in total. The number of halogens is 1. The number of piperazine rings is 1. The summed E-state index contributed by atoms with van der Waals surface area (Å²) in [4.78, 5) is 2.63. The Kier molecular flexibility index (Phi) is 5.19. The molecule has 0 aromatic heterocycles. The van der Waals surface area contributed by atoms with E-state index in [1.54, 1.807) is 16.4 Å². The Labute approximate surface area is 165 Å². The van der Waals surface area contributed by atoms with Crippen LogP contribution in [0.25, 0.3) is 10.8 Å². The van der Waals surface area contributed by atoms with Gasteiger partial charge in [0.05, 0.1) is 4.90 Å². The summed E-state index contributed by atoms with van der Waals surface area (Å²) in [6, 6.07) is 21.0. The molecule has 0 saturated carbocycles. The fourth-order valence-electron chi connectivity index (χ4n) is 3.50. The number of hydrogen-bond acceptors (Lipinski definition) is 3. The fourth-order valence-corrected chi connectivity index (χ4v) is 5.17. The molecule has 0 radical (unpaired) electrons. The van der Waals surface area contributed by atoms with Gasteiger partial charge in [0, 0.05) is 37.7 Å². The molecule has 3 aromatic rings. The minimum absolute atomic E-state index is 0.365. The molecular weight excluding hydrogens is 380 g/mol. The van der Waals surface area contributed by atoms with E-state index in [9.17, 15) is 8.42 Å². The highest BCUT2D eigenvalue weighted by Gasteiger charge is 2.28. The normalized spacial score (nSPS) is 16.6. The summed E-state index contributed by atoms with van der Waals surface area (Å²) < 4.78 is 27.6. The third kappa shape index (κ3) is 4.01. The lowest BCUT2D eigenvalue weighted by Crippen LogP contribution is -2.48. The fraction of sp³-hybridized carbons (Fsp3) is 0.238. The molecular formula is C21H21ClN2O2S. The summed E-state index contributed by atoms with van der Waals surface area (Å²) >= 11 is 6.05. The Hall–Kier alpha value is -1.92. The van der Waals surface area contributed by atoms with Gasteiger partial charge in [-0.15, -0.1) is 0 Å². The van der Waals surface area contributed by atoms with E-state index in [0.29, 0.717) is 31.1 Å². The smallest absolute Gasteiger partial charge is 0.243 e. The molecule has 6 heteroatoms. The molecule has 1 saturated heterocycles. The van der Waals surface area contributed by atoms with Gasteiger partial charge in [-0.05, 0) is 40.6 Å². The molecule has 0 unspecified atom stereocenters. The lowest BCUT2D eigenvalue weighted by atomic mass is 10.1. The van der Waals surface area contributed by atoms with E-state index in [-0.39, 0.29) is 0 Å². The van der Waals surface area contributed by atoms with Crippen LogP contribution in [0.1, 0.15) is 5.56 Å². The Bertz CT molecular complexity index is 1060. The maximum absolute atomic E-state index is 13.0. The first-order chi connectivity index (χ1) is 13.0. The molecule has 0 bridgehead atoms. The van der Waals surface area contributed by atoms with Gasteiger partial charge in [-0.1, -0.05) is 54.1 Å². The van der Waals surface area contributed by atoms with Crippen LogP contribution in [0.15, 0.2) is 71.6 Å². The van der Waals surface area contributed by atoms with E-state index in [2.05, 4.69) is 4.90 Å². The van der Waals surface area contributed by atoms with E-state index in [1.165, 1.54) is 0 Å². The van der Waals surface area contributed by atoms with Gasteiger partial charge < -0.3 is 0 Å². The quantitative estimate of drug-likeness (QED) is 0.664. The highest BCUT2D eigenvalue weighted by atomic mass is 35.5. The SMILES string of the molecule is O=S(=O)(c1ccc2ccccc2c1)N1CCN(Cc2cccc(Cl)c2)CC1. The highest BCUT2D eigenvalue weighted by molar-refractivity contribution is 7.89. The molecule has 0 atom stereocenters. The molecule has 0 aliphatic carbocycles. The second-order valence-corrected chi connectivity index (χ2v) is 9.19.